The summed E-state index contributed by atoms with van der Waals surface area (Å²) in [5, 5.41) is 10.9. The van der Waals surface area contributed by atoms with Crippen molar-refractivity contribution in [3.63, 3.8) is 0 Å². The predicted octanol–water partition coefficient (Wildman–Crippen LogP) is 2.97. The fraction of sp³-hybridized carbons (Fsp3) is 0.438. The van der Waals surface area contributed by atoms with Crippen LogP contribution in [0.5, 0.6) is 0 Å². The number of benzene rings is 1. The summed E-state index contributed by atoms with van der Waals surface area (Å²) in [6.07, 6.45) is 3.04. The maximum absolute atomic E-state index is 12.0. The lowest BCUT2D eigenvalue weighted by atomic mass is 10.1. The van der Waals surface area contributed by atoms with Crippen LogP contribution in [0.15, 0.2) is 34.7 Å². The molecule has 0 fully saturated rings. The Balaban J connectivity index is 2.09. The number of unbranched alkanes of at least 4 members (excludes halogenated alkanes) is 1. The first kappa shape index (κ1) is 15.2. The molecule has 5 nitrogen and oxygen atoms in total. The molecule has 0 radical (unpaired) electrons. The maximum Gasteiger partial charge on any atom is 0.239 e. The molecular formula is C16H21N3O2. The van der Waals surface area contributed by atoms with E-state index >= 15 is 0 Å². The number of rotatable bonds is 7. The minimum Gasteiger partial charge on any atom is -0.423 e. The van der Waals surface area contributed by atoms with E-state index in [1.807, 2.05) is 30.3 Å². The molecule has 1 heterocycles. The molecule has 1 N–H and O–H groups in total. The van der Waals surface area contributed by atoms with Crippen LogP contribution in [-0.2, 0) is 11.2 Å². The Hall–Kier alpha value is -2.17. The summed E-state index contributed by atoms with van der Waals surface area (Å²) in [6, 6.07) is 9.69. The van der Waals surface area contributed by atoms with Crippen LogP contribution in [0.25, 0.3) is 0 Å². The van der Waals surface area contributed by atoms with Gasteiger partial charge in [0.15, 0.2) is 0 Å². The average Bonchev–Trinajstić information content (AvgIpc) is 2.92. The number of hydrogen-bond donors (Lipinski definition) is 1. The van der Waals surface area contributed by atoms with Gasteiger partial charge in [-0.1, -0.05) is 43.7 Å². The average molecular weight is 287 g/mol. The maximum atomic E-state index is 12.0. The molecule has 1 amide bonds. The minimum atomic E-state index is -0.280. The zero-order valence-electron chi connectivity index (χ0n) is 12.5. The molecule has 5 heteroatoms. The Kier molecular flexibility index (Phi) is 5.49. The quantitative estimate of drug-likeness (QED) is 0.850. The van der Waals surface area contributed by atoms with Crippen molar-refractivity contribution in [1.29, 1.82) is 0 Å². The van der Waals surface area contributed by atoms with Crippen LogP contribution in [0, 0.1) is 6.92 Å². The molecule has 1 aromatic carbocycles. The number of nitrogens with one attached hydrogen (secondary N) is 1. The van der Waals surface area contributed by atoms with Gasteiger partial charge in [-0.3, -0.25) is 4.79 Å². The third-order valence-corrected chi connectivity index (χ3v) is 3.22. The highest BCUT2D eigenvalue weighted by molar-refractivity contribution is 5.76. The van der Waals surface area contributed by atoms with Gasteiger partial charge in [0.25, 0.3) is 0 Å². The van der Waals surface area contributed by atoms with Gasteiger partial charge in [-0.2, -0.15) is 0 Å². The number of carbonyl (C=O) groups is 1. The van der Waals surface area contributed by atoms with E-state index in [-0.39, 0.29) is 11.9 Å². The van der Waals surface area contributed by atoms with Gasteiger partial charge in [0, 0.05) is 19.8 Å². The zero-order chi connectivity index (χ0) is 15.1. The molecule has 0 saturated carbocycles. The summed E-state index contributed by atoms with van der Waals surface area (Å²) in [5.41, 5.74) is 1.12. The molecule has 0 spiro atoms. The standard InChI is InChI=1S/C16H21N3O2/c1-3-4-10-15(20)17-14(16-19-18-12(2)21-16)11-13-8-6-5-7-9-13/h5-9,14H,3-4,10-11H2,1-2H3,(H,17,20). The van der Waals surface area contributed by atoms with Gasteiger partial charge in [-0.25, -0.2) is 0 Å². The first-order valence-corrected chi connectivity index (χ1v) is 7.32. The number of amides is 1. The number of aryl methyl sites for hydroxylation is 1. The van der Waals surface area contributed by atoms with Crippen molar-refractivity contribution in [1.82, 2.24) is 15.5 Å². The molecule has 0 bridgehead atoms. The van der Waals surface area contributed by atoms with Crippen molar-refractivity contribution in [2.75, 3.05) is 0 Å². The fourth-order valence-electron chi connectivity index (χ4n) is 2.11. The molecule has 0 aliphatic heterocycles. The van der Waals surface area contributed by atoms with Crippen molar-refractivity contribution >= 4 is 5.91 Å². The summed E-state index contributed by atoms with van der Waals surface area (Å²) in [5.74, 6) is 0.987. The molecule has 0 aliphatic carbocycles. The molecular weight excluding hydrogens is 266 g/mol. The number of nitrogens with zero attached hydrogens (tertiary/aromatic N) is 2. The van der Waals surface area contributed by atoms with Crippen LogP contribution >= 0.6 is 0 Å². The first-order valence-electron chi connectivity index (χ1n) is 7.32. The smallest absolute Gasteiger partial charge is 0.239 e. The molecule has 1 unspecified atom stereocenters. The molecule has 112 valence electrons. The summed E-state index contributed by atoms with van der Waals surface area (Å²) in [7, 11) is 0. The number of carbonyl (C=O) groups excluding carboxylic acids is 1. The second-order valence-corrected chi connectivity index (χ2v) is 5.07. The number of aromatic nitrogens is 2. The second-order valence-electron chi connectivity index (χ2n) is 5.07. The van der Waals surface area contributed by atoms with Crippen LogP contribution in [0.1, 0.15) is 49.6 Å². The van der Waals surface area contributed by atoms with Gasteiger partial charge in [-0.05, 0) is 12.0 Å². The second kappa shape index (κ2) is 7.57. The highest BCUT2D eigenvalue weighted by Gasteiger charge is 2.20. The topological polar surface area (TPSA) is 68.0 Å². The van der Waals surface area contributed by atoms with Crippen LogP contribution in [0.2, 0.25) is 0 Å². The van der Waals surface area contributed by atoms with Crippen molar-refractivity contribution in [2.45, 2.75) is 45.6 Å². The third kappa shape index (κ3) is 4.70. The minimum absolute atomic E-state index is 0.0219. The summed E-state index contributed by atoms with van der Waals surface area (Å²) < 4.78 is 5.49. The molecule has 2 rings (SSSR count). The van der Waals surface area contributed by atoms with E-state index in [9.17, 15) is 4.79 Å². The van der Waals surface area contributed by atoms with E-state index in [0.717, 1.165) is 18.4 Å². The van der Waals surface area contributed by atoms with Crippen molar-refractivity contribution in [2.24, 2.45) is 0 Å². The Morgan fingerprint density at radius 1 is 1.29 bits per heavy atom. The fourth-order valence-corrected chi connectivity index (χ4v) is 2.11. The van der Waals surface area contributed by atoms with E-state index in [2.05, 4.69) is 22.4 Å². The van der Waals surface area contributed by atoms with E-state index in [0.29, 0.717) is 24.6 Å². The van der Waals surface area contributed by atoms with Crippen molar-refractivity contribution < 1.29 is 9.21 Å². The van der Waals surface area contributed by atoms with Gasteiger partial charge < -0.3 is 9.73 Å². The molecule has 0 aliphatic rings. The van der Waals surface area contributed by atoms with Crippen LogP contribution in [0.3, 0.4) is 0 Å². The molecule has 21 heavy (non-hydrogen) atoms. The monoisotopic (exact) mass is 287 g/mol. The van der Waals surface area contributed by atoms with Gasteiger partial charge in [0.1, 0.15) is 6.04 Å². The molecule has 0 saturated heterocycles. The summed E-state index contributed by atoms with van der Waals surface area (Å²) in [6.45, 7) is 3.81. The summed E-state index contributed by atoms with van der Waals surface area (Å²) in [4.78, 5) is 12.0. The predicted molar refractivity (Wildman–Crippen MR) is 79.6 cm³/mol. The molecule has 1 atom stereocenters. The highest BCUT2D eigenvalue weighted by atomic mass is 16.4. The van der Waals surface area contributed by atoms with Gasteiger partial charge in [0.2, 0.25) is 17.7 Å². The first-order chi connectivity index (χ1) is 10.2. The normalized spacial score (nSPS) is 12.1. The zero-order valence-corrected chi connectivity index (χ0v) is 12.5. The Labute approximate surface area is 124 Å². The van der Waals surface area contributed by atoms with Crippen molar-refractivity contribution in [3.05, 3.63) is 47.7 Å². The van der Waals surface area contributed by atoms with E-state index in [1.165, 1.54) is 0 Å². The highest BCUT2D eigenvalue weighted by Crippen LogP contribution is 2.17. The lowest BCUT2D eigenvalue weighted by Gasteiger charge is -2.15. The number of hydrogen-bond acceptors (Lipinski definition) is 4. The van der Waals surface area contributed by atoms with Gasteiger partial charge >= 0.3 is 0 Å². The van der Waals surface area contributed by atoms with E-state index in [1.54, 1.807) is 6.92 Å². The van der Waals surface area contributed by atoms with Gasteiger partial charge in [0.05, 0.1) is 0 Å². The largest absolute Gasteiger partial charge is 0.423 e. The van der Waals surface area contributed by atoms with E-state index in [4.69, 9.17) is 4.42 Å². The molecule has 2 aromatic rings. The SMILES string of the molecule is CCCCC(=O)NC(Cc1ccccc1)c1nnc(C)o1. The Morgan fingerprint density at radius 2 is 2.05 bits per heavy atom. The molecule has 1 aromatic heterocycles. The van der Waals surface area contributed by atoms with Gasteiger partial charge in [-0.15, -0.1) is 10.2 Å². The lowest BCUT2D eigenvalue weighted by molar-refractivity contribution is -0.122. The Morgan fingerprint density at radius 3 is 2.67 bits per heavy atom. The van der Waals surface area contributed by atoms with Crippen LogP contribution < -0.4 is 5.32 Å². The lowest BCUT2D eigenvalue weighted by Crippen LogP contribution is -2.30. The van der Waals surface area contributed by atoms with E-state index < -0.39 is 0 Å². The van der Waals surface area contributed by atoms with Crippen LogP contribution in [-0.4, -0.2) is 16.1 Å². The van der Waals surface area contributed by atoms with Crippen molar-refractivity contribution in [3.8, 4) is 0 Å². The summed E-state index contributed by atoms with van der Waals surface area (Å²) >= 11 is 0. The third-order valence-electron chi connectivity index (χ3n) is 3.22. The van der Waals surface area contributed by atoms with Crippen LogP contribution in [0.4, 0.5) is 0 Å². The Bertz CT molecular complexity index is 566.